The second-order valence-electron chi connectivity index (χ2n) is 5.30. The predicted octanol–water partition coefficient (Wildman–Crippen LogP) is 5.19. The van der Waals surface area contributed by atoms with Gasteiger partial charge in [0.15, 0.2) is 0 Å². The quantitative estimate of drug-likeness (QED) is 0.787. The van der Waals surface area contributed by atoms with E-state index in [1.54, 1.807) is 12.1 Å². The van der Waals surface area contributed by atoms with Gasteiger partial charge in [-0.3, -0.25) is 0 Å². The van der Waals surface area contributed by atoms with Crippen LogP contribution in [0.2, 0.25) is 0 Å². The molecular weight excluding hydrogens is 303 g/mol. The molecule has 3 nitrogen and oxygen atoms in total. The smallest absolute Gasteiger partial charge is 0.417 e. The van der Waals surface area contributed by atoms with Crippen LogP contribution in [0.1, 0.15) is 22.3 Å². The summed E-state index contributed by atoms with van der Waals surface area (Å²) in [5.41, 5.74) is 4.12. The van der Waals surface area contributed by atoms with Crippen LogP contribution in [0.4, 0.5) is 0 Å². The summed E-state index contributed by atoms with van der Waals surface area (Å²) in [5, 5.41) is 0. The van der Waals surface area contributed by atoms with E-state index in [1.165, 1.54) is 0 Å². The highest BCUT2D eigenvalue weighted by atomic mass is 32.7. The van der Waals surface area contributed by atoms with Crippen molar-refractivity contribution < 1.29 is 14.0 Å². The number of benzene rings is 2. The number of aryl methyl sites for hydroxylation is 4. The molecule has 0 aliphatic rings. The fraction of sp³-hybridized carbons (Fsp3) is 0.250. The summed E-state index contributed by atoms with van der Waals surface area (Å²) in [7, 11) is 0. The van der Waals surface area contributed by atoms with Crippen LogP contribution in [-0.4, -0.2) is 4.89 Å². The van der Waals surface area contributed by atoms with Crippen molar-refractivity contribution in [2.24, 2.45) is 0 Å². The van der Waals surface area contributed by atoms with Crippen molar-refractivity contribution in [3.63, 3.8) is 0 Å². The molecule has 0 saturated heterocycles. The summed E-state index contributed by atoms with van der Waals surface area (Å²) >= 11 is 0.870. The van der Waals surface area contributed by atoms with Gasteiger partial charge in [0.05, 0.1) is 0 Å². The lowest BCUT2D eigenvalue weighted by atomic mass is 10.1. The van der Waals surface area contributed by atoms with Crippen LogP contribution in [-0.2, 0) is 4.57 Å². The highest BCUT2D eigenvalue weighted by Gasteiger charge is 2.24. The Hall–Kier alpha value is -1.22. The first kappa shape index (κ1) is 16.2. The monoisotopic (exact) mass is 322 g/mol. The Morgan fingerprint density at radius 2 is 1.29 bits per heavy atom. The van der Waals surface area contributed by atoms with E-state index in [2.05, 4.69) is 0 Å². The van der Waals surface area contributed by atoms with E-state index in [0.717, 1.165) is 38.5 Å². The first-order valence-corrected chi connectivity index (χ1v) is 9.62. The lowest BCUT2D eigenvalue weighted by molar-refractivity contribution is 0.402. The van der Waals surface area contributed by atoms with Gasteiger partial charge >= 0.3 is 6.80 Å². The van der Waals surface area contributed by atoms with E-state index in [0.29, 0.717) is 5.75 Å². The highest BCUT2D eigenvalue weighted by Crippen LogP contribution is 2.59. The molecule has 5 heteroatoms. The summed E-state index contributed by atoms with van der Waals surface area (Å²) in [4.78, 5) is 10.8. The SMILES string of the molecule is Cc1cc(C)cc(OP(=O)(O)Sc2cc(C)cc(C)c2)c1. The Labute approximate surface area is 129 Å². The number of hydrogen-bond donors (Lipinski definition) is 1. The largest absolute Gasteiger partial charge is 0.442 e. The zero-order chi connectivity index (χ0) is 15.6. The van der Waals surface area contributed by atoms with Gasteiger partial charge in [0.25, 0.3) is 0 Å². The lowest BCUT2D eigenvalue weighted by Gasteiger charge is -2.14. The Kier molecular flexibility index (Phi) is 4.82. The Balaban J connectivity index is 2.20. The fourth-order valence-corrected chi connectivity index (χ4v) is 4.89. The second kappa shape index (κ2) is 6.27. The van der Waals surface area contributed by atoms with E-state index >= 15 is 0 Å². The molecular formula is C16H19O3PS. The average molecular weight is 322 g/mol. The highest BCUT2D eigenvalue weighted by molar-refractivity contribution is 8.54. The third kappa shape index (κ3) is 4.92. The molecule has 2 aromatic carbocycles. The summed E-state index contributed by atoms with van der Waals surface area (Å²) in [6, 6.07) is 11.3. The van der Waals surface area contributed by atoms with Crippen molar-refractivity contribution >= 4 is 18.2 Å². The van der Waals surface area contributed by atoms with Crippen LogP contribution in [0.15, 0.2) is 41.3 Å². The van der Waals surface area contributed by atoms with E-state index in [-0.39, 0.29) is 0 Å². The van der Waals surface area contributed by atoms with Crippen molar-refractivity contribution in [1.82, 2.24) is 0 Å². The Bertz CT molecular complexity index is 615. The topological polar surface area (TPSA) is 46.5 Å². The third-order valence-electron chi connectivity index (χ3n) is 2.83. The van der Waals surface area contributed by atoms with Crippen LogP contribution in [0, 0.1) is 27.7 Å². The van der Waals surface area contributed by atoms with E-state index in [4.69, 9.17) is 4.52 Å². The van der Waals surface area contributed by atoms with Crippen molar-refractivity contribution in [2.75, 3.05) is 0 Å². The molecule has 1 atom stereocenters. The molecule has 112 valence electrons. The summed E-state index contributed by atoms with van der Waals surface area (Å²) in [6.45, 7) is 3.99. The van der Waals surface area contributed by atoms with Gasteiger partial charge < -0.3 is 9.42 Å². The Morgan fingerprint density at radius 3 is 1.76 bits per heavy atom. The van der Waals surface area contributed by atoms with Gasteiger partial charge in [-0.25, -0.2) is 4.57 Å². The molecule has 0 aromatic heterocycles. The van der Waals surface area contributed by atoms with Gasteiger partial charge in [-0.1, -0.05) is 12.1 Å². The lowest BCUT2D eigenvalue weighted by Crippen LogP contribution is -1.91. The molecule has 2 aromatic rings. The van der Waals surface area contributed by atoms with Gasteiger partial charge in [0.2, 0.25) is 0 Å². The maximum Gasteiger partial charge on any atom is 0.442 e. The van der Waals surface area contributed by atoms with E-state index < -0.39 is 6.80 Å². The Morgan fingerprint density at radius 1 is 0.857 bits per heavy atom. The maximum atomic E-state index is 12.3. The van der Waals surface area contributed by atoms with Crippen LogP contribution in [0.5, 0.6) is 5.75 Å². The molecule has 1 unspecified atom stereocenters. The van der Waals surface area contributed by atoms with Crippen LogP contribution in [0.3, 0.4) is 0 Å². The summed E-state index contributed by atoms with van der Waals surface area (Å²) in [5.74, 6) is 0.426. The molecule has 0 amide bonds. The minimum Gasteiger partial charge on any atom is -0.417 e. The molecule has 0 aliphatic heterocycles. The standard InChI is InChI=1S/C16H19O3PS/c1-11-5-12(2)8-15(7-11)19-20(17,18)21-16-9-13(3)6-14(4)10-16/h5-10H,1-4H3,(H,17,18). The van der Waals surface area contributed by atoms with Crippen molar-refractivity contribution in [2.45, 2.75) is 32.6 Å². The predicted molar refractivity (Wildman–Crippen MR) is 88.1 cm³/mol. The zero-order valence-electron chi connectivity index (χ0n) is 12.6. The first-order valence-electron chi connectivity index (χ1n) is 6.62. The second-order valence-corrected chi connectivity index (χ2v) is 9.00. The van der Waals surface area contributed by atoms with Crippen molar-refractivity contribution in [3.05, 3.63) is 58.7 Å². The molecule has 2 rings (SSSR count). The summed E-state index contributed by atoms with van der Waals surface area (Å²) < 4.78 is 17.6. The average Bonchev–Trinajstić information content (AvgIpc) is 2.23. The van der Waals surface area contributed by atoms with Crippen LogP contribution < -0.4 is 4.52 Å². The molecule has 1 N–H and O–H groups in total. The molecule has 0 heterocycles. The molecule has 0 saturated carbocycles. The minimum absolute atomic E-state index is 0.426. The zero-order valence-corrected chi connectivity index (χ0v) is 14.3. The van der Waals surface area contributed by atoms with Gasteiger partial charge in [0, 0.05) is 16.3 Å². The molecule has 0 bridgehead atoms. The molecule has 0 fully saturated rings. The van der Waals surface area contributed by atoms with Gasteiger partial charge in [-0.2, -0.15) is 0 Å². The first-order chi connectivity index (χ1) is 9.73. The number of rotatable bonds is 4. The molecule has 0 spiro atoms. The van der Waals surface area contributed by atoms with Gasteiger partial charge in [-0.05, 0) is 74.2 Å². The minimum atomic E-state index is -3.80. The number of hydrogen-bond acceptors (Lipinski definition) is 3. The van der Waals surface area contributed by atoms with E-state index in [9.17, 15) is 9.46 Å². The molecule has 0 aliphatic carbocycles. The third-order valence-corrected chi connectivity index (χ3v) is 5.50. The van der Waals surface area contributed by atoms with Gasteiger partial charge in [0.1, 0.15) is 5.75 Å². The van der Waals surface area contributed by atoms with Gasteiger partial charge in [-0.15, -0.1) is 0 Å². The molecule has 0 radical (unpaired) electrons. The fourth-order valence-electron chi connectivity index (χ4n) is 2.26. The van der Waals surface area contributed by atoms with Crippen molar-refractivity contribution in [3.8, 4) is 5.75 Å². The normalized spacial score (nSPS) is 13.8. The van der Waals surface area contributed by atoms with Crippen LogP contribution in [0.25, 0.3) is 0 Å². The maximum absolute atomic E-state index is 12.3. The van der Waals surface area contributed by atoms with Crippen LogP contribution >= 0.6 is 18.2 Å². The van der Waals surface area contributed by atoms with E-state index in [1.807, 2.05) is 52.0 Å². The summed E-state index contributed by atoms with van der Waals surface area (Å²) in [6.07, 6.45) is 0. The van der Waals surface area contributed by atoms with Crippen molar-refractivity contribution in [1.29, 1.82) is 0 Å². The molecule has 21 heavy (non-hydrogen) atoms.